The molecule has 0 radical (unpaired) electrons. The molecule has 2 rings (SSSR count). The number of rotatable bonds is 6. The van der Waals surface area contributed by atoms with Gasteiger partial charge in [-0.3, -0.25) is 0 Å². The van der Waals surface area contributed by atoms with Crippen molar-refractivity contribution in [2.45, 2.75) is 26.3 Å². The van der Waals surface area contributed by atoms with Crippen LogP contribution >= 0.6 is 11.6 Å². The highest BCUT2D eigenvalue weighted by Gasteiger charge is 2.05. The third-order valence-electron chi connectivity index (χ3n) is 2.88. The Morgan fingerprint density at radius 2 is 2.00 bits per heavy atom. The second-order valence-electron chi connectivity index (χ2n) is 4.60. The Labute approximate surface area is 123 Å². The minimum atomic E-state index is -0.336. The summed E-state index contributed by atoms with van der Waals surface area (Å²) in [6.45, 7) is 3.87. The fraction of sp³-hybridized carbons (Fsp3) is 0.333. The molecule has 0 aliphatic carbocycles. The Morgan fingerprint density at radius 1 is 1.25 bits per heavy atom. The van der Waals surface area contributed by atoms with Crippen LogP contribution in [0, 0.1) is 5.82 Å². The maximum Gasteiger partial charge on any atom is 0.132 e. The van der Waals surface area contributed by atoms with Crippen molar-refractivity contribution < 1.29 is 4.39 Å². The molecule has 1 aromatic heterocycles. The van der Waals surface area contributed by atoms with Crippen LogP contribution in [0.15, 0.2) is 30.6 Å². The van der Waals surface area contributed by atoms with E-state index in [0.29, 0.717) is 17.3 Å². The predicted molar refractivity (Wildman–Crippen MR) is 78.2 cm³/mol. The first-order valence-electron chi connectivity index (χ1n) is 6.63. The summed E-state index contributed by atoms with van der Waals surface area (Å²) in [7, 11) is 0. The quantitative estimate of drug-likeness (QED) is 0.830. The van der Waals surface area contributed by atoms with Gasteiger partial charge in [-0.05, 0) is 30.7 Å². The van der Waals surface area contributed by atoms with Gasteiger partial charge in [-0.15, -0.1) is 0 Å². The Hall–Kier alpha value is -1.52. The summed E-state index contributed by atoms with van der Waals surface area (Å²) in [5, 5.41) is 3.70. The average molecular weight is 294 g/mol. The van der Waals surface area contributed by atoms with Gasteiger partial charge in [0.1, 0.15) is 11.6 Å². The van der Waals surface area contributed by atoms with Gasteiger partial charge in [0.25, 0.3) is 0 Å². The van der Waals surface area contributed by atoms with Crippen LogP contribution in [-0.2, 0) is 13.0 Å². The summed E-state index contributed by atoms with van der Waals surface area (Å²) < 4.78 is 13.0. The molecular formula is C15H17ClFN3. The lowest BCUT2D eigenvalue weighted by Crippen LogP contribution is -2.14. The zero-order valence-electron chi connectivity index (χ0n) is 11.4. The Balaban J connectivity index is 1.99. The summed E-state index contributed by atoms with van der Waals surface area (Å²) >= 11 is 5.99. The third kappa shape index (κ3) is 4.25. The van der Waals surface area contributed by atoms with Crippen molar-refractivity contribution in [2.24, 2.45) is 0 Å². The fourth-order valence-corrected chi connectivity index (χ4v) is 2.04. The molecule has 2 aromatic rings. The van der Waals surface area contributed by atoms with Crippen molar-refractivity contribution in [1.82, 2.24) is 15.3 Å². The normalized spacial score (nSPS) is 10.8. The Morgan fingerprint density at radius 3 is 2.65 bits per heavy atom. The Bertz CT molecular complexity index is 558. The van der Waals surface area contributed by atoms with E-state index in [0.717, 1.165) is 30.6 Å². The maximum absolute atomic E-state index is 13.0. The van der Waals surface area contributed by atoms with E-state index in [1.807, 2.05) is 12.4 Å². The van der Waals surface area contributed by atoms with Crippen molar-refractivity contribution in [3.8, 4) is 0 Å². The zero-order valence-corrected chi connectivity index (χ0v) is 12.1. The molecule has 0 unspecified atom stereocenters. The summed E-state index contributed by atoms with van der Waals surface area (Å²) in [5.41, 5.74) is 1.87. The van der Waals surface area contributed by atoms with E-state index in [9.17, 15) is 4.39 Å². The Kier molecular flexibility index (Phi) is 5.44. The van der Waals surface area contributed by atoms with Crippen molar-refractivity contribution >= 4 is 11.6 Å². The first-order chi connectivity index (χ1) is 9.69. The van der Waals surface area contributed by atoms with Crippen LogP contribution in [0.1, 0.15) is 30.3 Å². The molecule has 0 saturated carbocycles. The molecular weight excluding hydrogens is 277 g/mol. The van der Waals surface area contributed by atoms with Crippen LogP contribution in [0.2, 0.25) is 5.02 Å². The number of aromatic nitrogens is 2. The van der Waals surface area contributed by atoms with E-state index in [-0.39, 0.29) is 5.82 Å². The molecule has 0 aliphatic rings. The molecule has 1 N–H and O–H groups in total. The van der Waals surface area contributed by atoms with E-state index in [4.69, 9.17) is 11.6 Å². The van der Waals surface area contributed by atoms with Gasteiger partial charge in [0.2, 0.25) is 0 Å². The first-order valence-corrected chi connectivity index (χ1v) is 7.01. The second kappa shape index (κ2) is 7.31. The number of halogens is 2. The standard InChI is InChI=1S/C15H17ClFN3/c1-2-5-18-8-11-9-19-15(20-10-11)6-12-3-4-13(17)7-14(12)16/h3-4,7,9-10,18H,2,5-6,8H2,1H3. The molecule has 0 spiro atoms. The van der Waals surface area contributed by atoms with Crippen LogP contribution < -0.4 is 5.32 Å². The van der Waals surface area contributed by atoms with Gasteiger partial charge in [-0.2, -0.15) is 0 Å². The lowest BCUT2D eigenvalue weighted by molar-refractivity contribution is 0.627. The van der Waals surface area contributed by atoms with Crippen LogP contribution in [0.4, 0.5) is 4.39 Å². The van der Waals surface area contributed by atoms with Gasteiger partial charge in [0.05, 0.1) is 0 Å². The van der Waals surface area contributed by atoms with Crippen molar-refractivity contribution in [2.75, 3.05) is 6.54 Å². The highest BCUT2D eigenvalue weighted by Crippen LogP contribution is 2.19. The van der Waals surface area contributed by atoms with E-state index in [1.54, 1.807) is 6.07 Å². The van der Waals surface area contributed by atoms with Crippen LogP contribution in [0.3, 0.4) is 0 Å². The first kappa shape index (κ1) is 14.9. The fourth-order valence-electron chi connectivity index (χ4n) is 1.81. The second-order valence-corrected chi connectivity index (χ2v) is 5.00. The van der Waals surface area contributed by atoms with Crippen LogP contribution in [-0.4, -0.2) is 16.5 Å². The van der Waals surface area contributed by atoms with Gasteiger partial charge < -0.3 is 5.32 Å². The average Bonchev–Trinajstić information content (AvgIpc) is 2.44. The minimum Gasteiger partial charge on any atom is -0.313 e. The summed E-state index contributed by atoms with van der Waals surface area (Å²) in [6.07, 6.45) is 5.22. The maximum atomic E-state index is 13.0. The molecule has 0 fully saturated rings. The summed E-state index contributed by atoms with van der Waals surface area (Å²) in [5.74, 6) is 0.342. The molecule has 0 saturated heterocycles. The molecule has 3 nitrogen and oxygen atoms in total. The third-order valence-corrected chi connectivity index (χ3v) is 3.23. The van der Waals surface area contributed by atoms with Gasteiger partial charge in [-0.25, -0.2) is 14.4 Å². The predicted octanol–water partition coefficient (Wildman–Crippen LogP) is 3.36. The van der Waals surface area contributed by atoms with Gasteiger partial charge in [-0.1, -0.05) is 24.6 Å². The highest BCUT2D eigenvalue weighted by molar-refractivity contribution is 6.31. The molecule has 0 atom stereocenters. The van der Waals surface area contributed by atoms with E-state index in [2.05, 4.69) is 22.2 Å². The van der Waals surface area contributed by atoms with Gasteiger partial charge in [0.15, 0.2) is 0 Å². The largest absolute Gasteiger partial charge is 0.313 e. The van der Waals surface area contributed by atoms with Crippen molar-refractivity contribution in [3.63, 3.8) is 0 Å². The van der Waals surface area contributed by atoms with Crippen molar-refractivity contribution in [1.29, 1.82) is 0 Å². The van der Waals surface area contributed by atoms with Gasteiger partial charge in [0, 0.05) is 35.9 Å². The van der Waals surface area contributed by atoms with E-state index < -0.39 is 0 Å². The monoisotopic (exact) mass is 293 g/mol. The number of hydrogen-bond acceptors (Lipinski definition) is 3. The lowest BCUT2D eigenvalue weighted by Gasteiger charge is -2.05. The topological polar surface area (TPSA) is 37.8 Å². The minimum absolute atomic E-state index is 0.336. The molecule has 20 heavy (non-hydrogen) atoms. The molecule has 0 bridgehead atoms. The molecule has 5 heteroatoms. The van der Waals surface area contributed by atoms with Gasteiger partial charge >= 0.3 is 0 Å². The van der Waals surface area contributed by atoms with E-state index in [1.165, 1.54) is 12.1 Å². The zero-order chi connectivity index (χ0) is 14.4. The summed E-state index contributed by atoms with van der Waals surface area (Å²) in [4.78, 5) is 8.63. The number of nitrogens with one attached hydrogen (secondary N) is 1. The van der Waals surface area contributed by atoms with Crippen LogP contribution in [0.5, 0.6) is 0 Å². The smallest absolute Gasteiger partial charge is 0.132 e. The lowest BCUT2D eigenvalue weighted by atomic mass is 10.1. The number of hydrogen-bond donors (Lipinski definition) is 1. The number of nitrogens with zero attached hydrogens (tertiary/aromatic N) is 2. The van der Waals surface area contributed by atoms with Crippen LogP contribution in [0.25, 0.3) is 0 Å². The molecule has 0 amide bonds. The summed E-state index contributed by atoms with van der Waals surface area (Å²) in [6, 6.07) is 4.36. The molecule has 1 heterocycles. The van der Waals surface area contributed by atoms with Crippen molar-refractivity contribution in [3.05, 3.63) is 58.4 Å². The SMILES string of the molecule is CCCNCc1cnc(Cc2ccc(F)cc2Cl)nc1. The molecule has 0 aliphatic heterocycles. The number of benzene rings is 1. The molecule has 1 aromatic carbocycles. The van der Waals surface area contributed by atoms with E-state index >= 15 is 0 Å². The highest BCUT2D eigenvalue weighted by atomic mass is 35.5. The molecule has 106 valence electrons.